The molecule has 1 atom stereocenters. The second-order valence-electron chi connectivity index (χ2n) is 3.98. The fourth-order valence-corrected chi connectivity index (χ4v) is 2.64. The topological polar surface area (TPSA) is 24.9 Å². The summed E-state index contributed by atoms with van der Waals surface area (Å²) in [6.45, 7) is 2.02. The van der Waals surface area contributed by atoms with Crippen LogP contribution in [0.1, 0.15) is 18.5 Å². The van der Waals surface area contributed by atoms with Crippen molar-refractivity contribution < 1.29 is 4.39 Å². The smallest absolute Gasteiger partial charge is 0.123 e. The van der Waals surface area contributed by atoms with E-state index in [1.807, 2.05) is 32.2 Å². The summed E-state index contributed by atoms with van der Waals surface area (Å²) in [5.41, 5.74) is 0.972. The van der Waals surface area contributed by atoms with E-state index in [1.54, 1.807) is 30.2 Å². The van der Waals surface area contributed by atoms with Gasteiger partial charge in [-0.3, -0.25) is 4.98 Å². The standard InChI is InChI=1S/C14H15FN2S/c1-10(16-2)13-9-11(15)3-4-14(13)18-12-5-7-17-8-6-12/h3-10,16H,1-2H3. The zero-order valence-electron chi connectivity index (χ0n) is 10.4. The Balaban J connectivity index is 2.32. The van der Waals surface area contributed by atoms with Crippen LogP contribution in [0.3, 0.4) is 0 Å². The van der Waals surface area contributed by atoms with Crippen LogP contribution in [0.15, 0.2) is 52.5 Å². The molecule has 2 nitrogen and oxygen atoms in total. The number of rotatable bonds is 4. The van der Waals surface area contributed by atoms with E-state index < -0.39 is 0 Å². The molecule has 0 amide bonds. The molecule has 1 unspecified atom stereocenters. The summed E-state index contributed by atoms with van der Waals surface area (Å²) in [6.07, 6.45) is 3.51. The molecule has 0 aliphatic rings. The van der Waals surface area contributed by atoms with E-state index in [0.717, 1.165) is 15.4 Å². The summed E-state index contributed by atoms with van der Waals surface area (Å²) in [4.78, 5) is 6.15. The van der Waals surface area contributed by atoms with Crippen molar-refractivity contribution in [2.45, 2.75) is 22.8 Å². The Morgan fingerprint density at radius 1 is 1.22 bits per heavy atom. The van der Waals surface area contributed by atoms with Gasteiger partial charge in [0.25, 0.3) is 0 Å². The zero-order valence-corrected chi connectivity index (χ0v) is 11.2. The van der Waals surface area contributed by atoms with Gasteiger partial charge < -0.3 is 5.32 Å². The number of nitrogens with one attached hydrogen (secondary N) is 1. The lowest BCUT2D eigenvalue weighted by Gasteiger charge is -2.15. The molecule has 94 valence electrons. The van der Waals surface area contributed by atoms with Gasteiger partial charge >= 0.3 is 0 Å². The molecular formula is C14H15FN2S. The maximum Gasteiger partial charge on any atom is 0.123 e. The van der Waals surface area contributed by atoms with Gasteiger partial charge in [0.05, 0.1) is 0 Å². The lowest BCUT2D eigenvalue weighted by atomic mass is 10.1. The van der Waals surface area contributed by atoms with Gasteiger partial charge in [0, 0.05) is 28.2 Å². The average Bonchev–Trinajstić information content (AvgIpc) is 2.41. The first-order valence-corrected chi connectivity index (χ1v) is 6.57. The third-order valence-electron chi connectivity index (χ3n) is 2.75. The minimum atomic E-state index is -0.203. The molecule has 0 fully saturated rings. The third kappa shape index (κ3) is 3.09. The number of nitrogens with zero attached hydrogens (tertiary/aromatic N) is 1. The molecule has 0 saturated heterocycles. The fourth-order valence-electron chi connectivity index (χ4n) is 1.64. The van der Waals surface area contributed by atoms with Crippen molar-refractivity contribution in [1.82, 2.24) is 10.3 Å². The largest absolute Gasteiger partial charge is 0.313 e. The summed E-state index contributed by atoms with van der Waals surface area (Å²) in [5.74, 6) is -0.203. The predicted octanol–water partition coefficient (Wildman–Crippen LogP) is 3.65. The van der Waals surface area contributed by atoms with Crippen molar-refractivity contribution in [2.24, 2.45) is 0 Å². The zero-order chi connectivity index (χ0) is 13.0. The van der Waals surface area contributed by atoms with Crippen molar-refractivity contribution in [3.05, 3.63) is 54.1 Å². The van der Waals surface area contributed by atoms with Gasteiger partial charge in [-0.1, -0.05) is 11.8 Å². The number of hydrogen-bond acceptors (Lipinski definition) is 3. The highest BCUT2D eigenvalue weighted by Crippen LogP contribution is 2.33. The SMILES string of the molecule is CNC(C)c1cc(F)ccc1Sc1ccncc1. The highest BCUT2D eigenvalue weighted by atomic mass is 32.2. The van der Waals surface area contributed by atoms with E-state index in [4.69, 9.17) is 0 Å². The number of aromatic nitrogens is 1. The highest BCUT2D eigenvalue weighted by Gasteiger charge is 2.11. The second kappa shape index (κ2) is 5.98. The lowest BCUT2D eigenvalue weighted by molar-refractivity contribution is 0.601. The highest BCUT2D eigenvalue weighted by molar-refractivity contribution is 7.99. The Hall–Kier alpha value is -1.39. The van der Waals surface area contributed by atoms with Crippen LogP contribution in [0.25, 0.3) is 0 Å². The molecule has 1 heterocycles. The molecule has 4 heteroatoms. The van der Waals surface area contributed by atoms with Gasteiger partial charge in [-0.25, -0.2) is 4.39 Å². The Bertz CT molecular complexity index is 516. The molecule has 0 bridgehead atoms. The first kappa shape index (κ1) is 13.1. The van der Waals surface area contributed by atoms with Crippen molar-refractivity contribution >= 4 is 11.8 Å². The number of benzene rings is 1. The molecular weight excluding hydrogens is 247 g/mol. The molecule has 1 aromatic carbocycles. The van der Waals surface area contributed by atoms with Gasteiger partial charge in [-0.05, 0) is 49.9 Å². The van der Waals surface area contributed by atoms with Crippen LogP contribution in [0.4, 0.5) is 4.39 Å². The molecule has 1 N–H and O–H groups in total. The van der Waals surface area contributed by atoms with Crippen molar-refractivity contribution in [3.63, 3.8) is 0 Å². The van der Waals surface area contributed by atoms with Gasteiger partial charge in [0.2, 0.25) is 0 Å². The molecule has 0 aliphatic heterocycles. The maximum atomic E-state index is 13.3. The Morgan fingerprint density at radius 2 is 1.94 bits per heavy atom. The molecule has 2 rings (SSSR count). The Kier molecular flexibility index (Phi) is 4.33. The monoisotopic (exact) mass is 262 g/mol. The fraction of sp³-hybridized carbons (Fsp3) is 0.214. The summed E-state index contributed by atoms with van der Waals surface area (Å²) >= 11 is 1.62. The normalized spacial score (nSPS) is 12.4. The van der Waals surface area contributed by atoms with Crippen LogP contribution in [0.5, 0.6) is 0 Å². The van der Waals surface area contributed by atoms with Crippen LogP contribution >= 0.6 is 11.8 Å². The second-order valence-corrected chi connectivity index (χ2v) is 5.09. The quantitative estimate of drug-likeness (QED) is 0.910. The summed E-state index contributed by atoms with van der Waals surface area (Å²) in [7, 11) is 1.87. The van der Waals surface area contributed by atoms with E-state index in [-0.39, 0.29) is 11.9 Å². The molecule has 1 aromatic heterocycles. The Labute approximate surface area is 111 Å². The minimum Gasteiger partial charge on any atom is -0.313 e. The molecule has 18 heavy (non-hydrogen) atoms. The van der Waals surface area contributed by atoms with Gasteiger partial charge in [0.15, 0.2) is 0 Å². The van der Waals surface area contributed by atoms with E-state index >= 15 is 0 Å². The maximum absolute atomic E-state index is 13.3. The van der Waals surface area contributed by atoms with Crippen molar-refractivity contribution in [2.75, 3.05) is 7.05 Å². The Morgan fingerprint density at radius 3 is 2.61 bits per heavy atom. The van der Waals surface area contributed by atoms with Gasteiger partial charge in [-0.2, -0.15) is 0 Å². The molecule has 0 spiro atoms. The predicted molar refractivity (Wildman–Crippen MR) is 72.2 cm³/mol. The van der Waals surface area contributed by atoms with E-state index in [2.05, 4.69) is 10.3 Å². The summed E-state index contributed by atoms with van der Waals surface area (Å²) in [5, 5.41) is 3.14. The number of halogens is 1. The van der Waals surface area contributed by atoms with Crippen LogP contribution in [0.2, 0.25) is 0 Å². The first-order chi connectivity index (χ1) is 8.70. The molecule has 0 saturated carbocycles. The molecule has 0 aliphatic carbocycles. The average molecular weight is 262 g/mol. The van der Waals surface area contributed by atoms with Crippen LogP contribution in [-0.4, -0.2) is 12.0 Å². The van der Waals surface area contributed by atoms with Crippen molar-refractivity contribution in [1.29, 1.82) is 0 Å². The van der Waals surface area contributed by atoms with E-state index in [0.29, 0.717) is 0 Å². The molecule has 2 aromatic rings. The van der Waals surface area contributed by atoms with Gasteiger partial charge in [0.1, 0.15) is 5.82 Å². The molecule has 0 radical (unpaired) electrons. The van der Waals surface area contributed by atoms with Crippen molar-refractivity contribution in [3.8, 4) is 0 Å². The van der Waals surface area contributed by atoms with E-state index in [9.17, 15) is 4.39 Å². The third-order valence-corrected chi connectivity index (χ3v) is 3.85. The first-order valence-electron chi connectivity index (χ1n) is 5.75. The van der Waals surface area contributed by atoms with Gasteiger partial charge in [-0.15, -0.1) is 0 Å². The lowest BCUT2D eigenvalue weighted by Crippen LogP contribution is -2.13. The van der Waals surface area contributed by atoms with Crippen LogP contribution in [-0.2, 0) is 0 Å². The van der Waals surface area contributed by atoms with E-state index in [1.165, 1.54) is 6.07 Å². The summed E-state index contributed by atoms with van der Waals surface area (Å²) in [6, 6.07) is 8.91. The number of pyridine rings is 1. The number of hydrogen-bond donors (Lipinski definition) is 1. The van der Waals surface area contributed by atoms with Crippen LogP contribution < -0.4 is 5.32 Å². The van der Waals surface area contributed by atoms with Crippen LogP contribution in [0, 0.1) is 5.82 Å². The minimum absolute atomic E-state index is 0.116. The summed E-state index contributed by atoms with van der Waals surface area (Å²) < 4.78 is 13.3.